The zero-order valence-corrected chi connectivity index (χ0v) is 11.5. The van der Waals surface area contributed by atoms with Gasteiger partial charge in [-0.3, -0.25) is 4.90 Å². The standard InChI is InChI=1S/C15H24N2O/c1-15(2)12-18-11-10-17(15)9-5-7-13-6-3-4-8-14(13)16/h3-4,6,8H,5,7,9-12,16H2,1-2H3. The Balaban J connectivity index is 1.83. The van der Waals surface area contributed by atoms with E-state index in [-0.39, 0.29) is 5.54 Å². The lowest BCUT2D eigenvalue weighted by Gasteiger charge is -2.42. The molecular formula is C15H24N2O. The Morgan fingerprint density at radius 1 is 1.33 bits per heavy atom. The Morgan fingerprint density at radius 2 is 2.11 bits per heavy atom. The number of nitrogens with two attached hydrogens (primary N) is 1. The summed E-state index contributed by atoms with van der Waals surface area (Å²) in [6.45, 7) is 8.35. The van der Waals surface area contributed by atoms with E-state index in [4.69, 9.17) is 10.5 Å². The predicted molar refractivity (Wildman–Crippen MR) is 75.6 cm³/mol. The molecule has 1 fully saturated rings. The van der Waals surface area contributed by atoms with E-state index in [0.29, 0.717) is 0 Å². The lowest BCUT2D eigenvalue weighted by molar-refractivity contribution is -0.0510. The van der Waals surface area contributed by atoms with Crippen molar-refractivity contribution in [3.05, 3.63) is 29.8 Å². The molecular weight excluding hydrogens is 224 g/mol. The molecule has 1 saturated heterocycles. The first-order valence-electron chi connectivity index (χ1n) is 6.76. The molecule has 3 nitrogen and oxygen atoms in total. The van der Waals surface area contributed by atoms with Gasteiger partial charge in [-0.05, 0) is 44.9 Å². The number of anilines is 1. The van der Waals surface area contributed by atoms with Crippen molar-refractivity contribution in [1.82, 2.24) is 4.90 Å². The lowest BCUT2D eigenvalue weighted by atomic mass is 10.0. The minimum Gasteiger partial charge on any atom is -0.399 e. The van der Waals surface area contributed by atoms with Gasteiger partial charge in [0.15, 0.2) is 0 Å². The molecule has 0 bridgehead atoms. The maximum absolute atomic E-state index is 5.96. The fraction of sp³-hybridized carbons (Fsp3) is 0.600. The van der Waals surface area contributed by atoms with Gasteiger partial charge in [0.1, 0.15) is 0 Å². The molecule has 0 spiro atoms. The van der Waals surface area contributed by atoms with Crippen molar-refractivity contribution in [2.24, 2.45) is 0 Å². The molecule has 0 aliphatic carbocycles. The lowest BCUT2D eigenvalue weighted by Crippen LogP contribution is -2.53. The van der Waals surface area contributed by atoms with Gasteiger partial charge in [0.05, 0.1) is 13.2 Å². The van der Waals surface area contributed by atoms with E-state index in [1.54, 1.807) is 0 Å². The summed E-state index contributed by atoms with van der Waals surface area (Å²) < 4.78 is 5.54. The number of rotatable bonds is 4. The van der Waals surface area contributed by atoms with Crippen LogP contribution in [0.25, 0.3) is 0 Å². The molecule has 1 heterocycles. The Morgan fingerprint density at radius 3 is 2.83 bits per heavy atom. The van der Waals surface area contributed by atoms with E-state index in [0.717, 1.165) is 44.8 Å². The first-order chi connectivity index (χ1) is 8.59. The van der Waals surface area contributed by atoms with Gasteiger partial charge in [-0.25, -0.2) is 0 Å². The van der Waals surface area contributed by atoms with Gasteiger partial charge in [0.25, 0.3) is 0 Å². The molecule has 1 aliphatic heterocycles. The first-order valence-corrected chi connectivity index (χ1v) is 6.76. The normalized spacial score (nSPS) is 19.9. The minimum atomic E-state index is 0.167. The molecule has 100 valence electrons. The third-order valence-electron chi connectivity index (χ3n) is 3.75. The summed E-state index contributed by atoms with van der Waals surface area (Å²) in [7, 11) is 0. The van der Waals surface area contributed by atoms with E-state index in [1.165, 1.54) is 5.56 Å². The zero-order valence-electron chi connectivity index (χ0n) is 11.5. The van der Waals surface area contributed by atoms with Crippen molar-refractivity contribution in [2.45, 2.75) is 32.2 Å². The van der Waals surface area contributed by atoms with E-state index < -0.39 is 0 Å². The van der Waals surface area contributed by atoms with Crippen LogP contribution in [0.1, 0.15) is 25.8 Å². The van der Waals surface area contributed by atoms with Crippen LogP contribution in [0.5, 0.6) is 0 Å². The van der Waals surface area contributed by atoms with E-state index >= 15 is 0 Å². The summed E-state index contributed by atoms with van der Waals surface area (Å²) >= 11 is 0. The summed E-state index contributed by atoms with van der Waals surface area (Å²) in [5.74, 6) is 0. The molecule has 1 aromatic rings. The molecule has 0 radical (unpaired) electrons. The number of nitrogen functional groups attached to an aromatic ring is 1. The van der Waals surface area contributed by atoms with Gasteiger partial charge in [0, 0.05) is 17.8 Å². The van der Waals surface area contributed by atoms with Gasteiger partial charge >= 0.3 is 0 Å². The second-order valence-electron chi connectivity index (χ2n) is 5.65. The Bertz CT molecular complexity index is 390. The average Bonchev–Trinajstić information content (AvgIpc) is 2.33. The quantitative estimate of drug-likeness (QED) is 0.831. The van der Waals surface area contributed by atoms with Crippen LogP contribution in [-0.2, 0) is 11.2 Å². The maximum Gasteiger partial charge on any atom is 0.0645 e. The van der Waals surface area contributed by atoms with Crippen molar-refractivity contribution in [3.63, 3.8) is 0 Å². The van der Waals surface area contributed by atoms with Crippen molar-refractivity contribution in [1.29, 1.82) is 0 Å². The number of hydrogen-bond donors (Lipinski definition) is 1. The van der Waals surface area contributed by atoms with Gasteiger partial charge in [0.2, 0.25) is 0 Å². The molecule has 0 amide bonds. The summed E-state index contributed by atoms with van der Waals surface area (Å²) in [6.07, 6.45) is 2.21. The molecule has 0 unspecified atom stereocenters. The van der Waals surface area contributed by atoms with Crippen LogP contribution in [0.4, 0.5) is 5.69 Å². The fourth-order valence-electron chi connectivity index (χ4n) is 2.53. The van der Waals surface area contributed by atoms with E-state index in [9.17, 15) is 0 Å². The highest BCUT2D eigenvalue weighted by Crippen LogP contribution is 2.20. The number of benzene rings is 1. The third kappa shape index (κ3) is 3.24. The molecule has 2 rings (SSSR count). The van der Waals surface area contributed by atoms with Crippen LogP contribution in [-0.4, -0.2) is 36.7 Å². The summed E-state index contributed by atoms with van der Waals surface area (Å²) in [4.78, 5) is 2.52. The number of aryl methyl sites for hydroxylation is 1. The van der Waals surface area contributed by atoms with Gasteiger partial charge in [-0.1, -0.05) is 18.2 Å². The van der Waals surface area contributed by atoms with Crippen LogP contribution < -0.4 is 5.73 Å². The Kier molecular flexibility index (Phi) is 4.25. The highest BCUT2D eigenvalue weighted by molar-refractivity contribution is 5.46. The number of hydrogen-bond acceptors (Lipinski definition) is 3. The van der Waals surface area contributed by atoms with Crippen LogP contribution in [0, 0.1) is 0 Å². The fourth-order valence-corrected chi connectivity index (χ4v) is 2.53. The summed E-state index contributed by atoms with van der Waals surface area (Å²) in [5.41, 5.74) is 8.31. The molecule has 1 aromatic carbocycles. The first kappa shape index (κ1) is 13.4. The zero-order chi connectivity index (χ0) is 13.0. The van der Waals surface area contributed by atoms with Crippen LogP contribution in [0.2, 0.25) is 0 Å². The van der Waals surface area contributed by atoms with Crippen LogP contribution >= 0.6 is 0 Å². The number of nitrogens with zero attached hydrogens (tertiary/aromatic N) is 1. The number of morpholine rings is 1. The highest BCUT2D eigenvalue weighted by atomic mass is 16.5. The minimum absolute atomic E-state index is 0.167. The maximum atomic E-state index is 5.96. The van der Waals surface area contributed by atoms with Crippen molar-refractivity contribution >= 4 is 5.69 Å². The number of ether oxygens (including phenoxy) is 1. The summed E-state index contributed by atoms with van der Waals surface area (Å²) in [6, 6.07) is 8.15. The van der Waals surface area contributed by atoms with Crippen molar-refractivity contribution in [2.75, 3.05) is 32.0 Å². The molecule has 3 heteroatoms. The molecule has 0 saturated carbocycles. The highest BCUT2D eigenvalue weighted by Gasteiger charge is 2.29. The van der Waals surface area contributed by atoms with Gasteiger partial charge in [-0.15, -0.1) is 0 Å². The second-order valence-corrected chi connectivity index (χ2v) is 5.65. The van der Waals surface area contributed by atoms with E-state index in [2.05, 4.69) is 30.9 Å². The van der Waals surface area contributed by atoms with Crippen molar-refractivity contribution < 1.29 is 4.74 Å². The predicted octanol–water partition coefficient (Wildman–Crippen LogP) is 2.31. The van der Waals surface area contributed by atoms with Gasteiger partial charge < -0.3 is 10.5 Å². The molecule has 0 aromatic heterocycles. The van der Waals surface area contributed by atoms with Crippen LogP contribution in [0.15, 0.2) is 24.3 Å². The smallest absolute Gasteiger partial charge is 0.0645 e. The largest absolute Gasteiger partial charge is 0.399 e. The van der Waals surface area contributed by atoms with E-state index in [1.807, 2.05) is 12.1 Å². The molecule has 2 N–H and O–H groups in total. The second kappa shape index (κ2) is 5.72. The Hall–Kier alpha value is -1.06. The molecule has 18 heavy (non-hydrogen) atoms. The van der Waals surface area contributed by atoms with Crippen LogP contribution in [0.3, 0.4) is 0 Å². The average molecular weight is 248 g/mol. The molecule has 0 atom stereocenters. The third-order valence-corrected chi connectivity index (χ3v) is 3.75. The number of para-hydroxylation sites is 1. The van der Waals surface area contributed by atoms with Crippen molar-refractivity contribution in [3.8, 4) is 0 Å². The topological polar surface area (TPSA) is 38.5 Å². The monoisotopic (exact) mass is 248 g/mol. The SMILES string of the molecule is CC1(C)COCCN1CCCc1ccccc1N. The Labute approximate surface area is 110 Å². The summed E-state index contributed by atoms with van der Waals surface area (Å²) in [5, 5.41) is 0. The molecule has 1 aliphatic rings. The van der Waals surface area contributed by atoms with Gasteiger partial charge in [-0.2, -0.15) is 0 Å².